The number of hydrogen-bond donors (Lipinski definition) is 3. The highest BCUT2D eigenvalue weighted by atomic mass is 16.5. The van der Waals surface area contributed by atoms with E-state index in [0.717, 1.165) is 38.5 Å². The molecule has 0 aromatic carbocycles. The molecule has 3 N–H and O–H groups in total. The summed E-state index contributed by atoms with van der Waals surface area (Å²) in [4.78, 5) is 24.6. The van der Waals surface area contributed by atoms with Crippen LogP contribution in [0.5, 0.6) is 0 Å². The topological polar surface area (TPSA) is 95.9 Å². The normalized spacial score (nSPS) is 12.5. The molecule has 0 bridgehead atoms. The summed E-state index contributed by atoms with van der Waals surface area (Å²) in [5, 5.41) is 23.3. The summed E-state index contributed by atoms with van der Waals surface area (Å²) < 4.78 is 5.51. The molecule has 0 rings (SSSR count). The van der Waals surface area contributed by atoms with Gasteiger partial charge in [0, 0.05) is 12.8 Å². The maximum Gasteiger partial charge on any atom is 0.305 e. The standard InChI is InChI=1S/C73H143NO5/c1-3-5-7-9-11-13-15-17-19-39-43-47-51-55-59-63-67-73(78)79-68-64-60-56-52-48-44-40-37-35-33-31-29-27-25-23-21-20-22-24-26-28-30-32-34-36-38-42-46-50-54-58-62-66-72(77)74-70(69-75)71(76)65-61-57-53-49-45-41-18-16-14-12-10-8-6-4-2/h23,25,70-71,75-76H,3-22,24,26-69H2,1-2H3,(H,74,77)/b25-23-. The van der Waals surface area contributed by atoms with Gasteiger partial charge in [-0.2, -0.15) is 0 Å². The Morgan fingerprint density at radius 3 is 0.899 bits per heavy atom. The van der Waals surface area contributed by atoms with Crippen LogP contribution in [0.1, 0.15) is 418 Å². The van der Waals surface area contributed by atoms with Crippen LogP contribution in [0.15, 0.2) is 12.2 Å². The minimum Gasteiger partial charge on any atom is -0.466 e. The minimum atomic E-state index is -0.661. The van der Waals surface area contributed by atoms with E-state index >= 15 is 0 Å². The van der Waals surface area contributed by atoms with Gasteiger partial charge in [0.15, 0.2) is 0 Å². The van der Waals surface area contributed by atoms with E-state index in [1.165, 1.54) is 347 Å². The SMILES string of the molecule is CCCCCCCCCCCCCCCCCCC(=O)OCCCCCCCCCCCCCC/C=C\CCCCCCCCCCCCCCCCCCC(=O)NC(CO)C(O)CCCCCCCCCCCCCCCC. The molecule has 2 atom stereocenters. The predicted molar refractivity (Wildman–Crippen MR) is 347 cm³/mol. The summed E-state index contributed by atoms with van der Waals surface area (Å²) in [6, 6.07) is -0.538. The third kappa shape index (κ3) is 65.6. The molecule has 0 aliphatic carbocycles. The number of hydrogen-bond acceptors (Lipinski definition) is 5. The second-order valence-electron chi connectivity index (χ2n) is 25.3. The van der Waals surface area contributed by atoms with Gasteiger partial charge in [-0.1, -0.05) is 366 Å². The van der Waals surface area contributed by atoms with E-state index in [9.17, 15) is 19.8 Å². The largest absolute Gasteiger partial charge is 0.466 e. The van der Waals surface area contributed by atoms with Crippen LogP contribution in [0, 0.1) is 0 Å². The number of unbranched alkanes of at least 4 members (excludes halogenated alkanes) is 56. The zero-order valence-corrected chi connectivity index (χ0v) is 53.9. The molecule has 0 saturated carbocycles. The van der Waals surface area contributed by atoms with E-state index in [-0.39, 0.29) is 18.5 Å². The highest BCUT2D eigenvalue weighted by Gasteiger charge is 2.20. The van der Waals surface area contributed by atoms with Gasteiger partial charge < -0.3 is 20.3 Å². The van der Waals surface area contributed by atoms with Crippen LogP contribution in [0.4, 0.5) is 0 Å². The van der Waals surface area contributed by atoms with E-state index in [0.29, 0.717) is 25.9 Å². The molecular formula is C73H143NO5. The number of esters is 1. The van der Waals surface area contributed by atoms with E-state index in [1.807, 2.05) is 0 Å². The molecule has 0 heterocycles. The number of aliphatic hydroxyl groups is 2. The molecule has 0 aromatic heterocycles. The fraction of sp³-hybridized carbons (Fsp3) is 0.945. The third-order valence-electron chi connectivity index (χ3n) is 17.3. The van der Waals surface area contributed by atoms with E-state index in [4.69, 9.17) is 4.74 Å². The lowest BCUT2D eigenvalue weighted by Gasteiger charge is -2.22. The van der Waals surface area contributed by atoms with E-state index < -0.39 is 12.1 Å². The molecule has 0 saturated heterocycles. The van der Waals surface area contributed by atoms with Crippen LogP contribution < -0.4 is 5.32 Å². The van der Waals surface area contributed by atoms with Crippen molar-refractivity contribution >= 4 is 11.9 Å². The van der Waals surface area contributed by atoms with Gasteiger partial charge >= 0.3 is 5.97 Å². The lowest BCUT2D eigenvalue weighted by molar-refractivity contribution is -0.143. The molecule has 2 unspecified atom stereocenters. The first-order chi connectivity index (χ1) is 39.0. The monoisotopic (exact) mass is 1110 g/mol. The van der Waals surface area contributed by atoms with Gasteiger partial charge in [0.1, 0.15) is 0 Å². The van der Waals surface area contributed by atoms with Crippen molar-refractivity contribution in [3.05, 3.63) is 12.2 Å². The predicted octanol–water partition coefficient (Wildman–Crippen LogP) is 23.5. The number of carbonyl (C=O) groups is 2. The van der Waals surface area contributed by atoms with Gasteiger partial charge in [0.05, 0.1) is 25.4 Å². The van der Waals surface area contributed by atoms with Crippen LogP contribution in [0.25, 0.3) is 0 Å². The zero-order valence-electron chi connectivity index (χ0n) is 53.9. The molecule has 0 spiro atoms. The van der Waals surface area contributed by atoms with Gasteiger partial charge in [0.2, 0.25) is 5.91 Å². The summed E-state index contributed by atoms with van der Waals surface area (Å²) in [6.45, 7) is 5.00. The maximum atomic E-state index is 12.5. The van der Waals surface area contributed by atoms with Crippen LogP contribution in [0.3, 0.4) is 0 Å². The molecule has 6 heteroatoms. The van der Waals surface area contributed by atoms with Gasteiger partial charge in [0.25, 0.3) is 0 Å². The zero-order chi connectivity index (χ0) is 57.1. The third-order valence-corrected chi connectivity index (χ3v) is 17.3. The fourth-order valence-corrected chi connectivity index (χ4v) is 11.8. The van der Waals surface area contributed by atoms with Crippen molar-refractivity contribution in [3.63, 3.8) is 0 Å². The Labute approximate surface area is 495 Å². The Balaban J connectivity index is 3.33. The number of rotatable bonds is 69. The summed E-state index contributed by atoms with van der Waals surface area (Å²) >= 11 is 0. The fourth-order valence-electron chi connectivity index (χ4n) is 11.8. The van der Waals surface area contributed by atoms with Crippen molar-refractivity contribution in [1.82, 2.24) is 5.32 Å². The van der Waals surface area contributed by atoms with Crippen LogP contribution in [0.2, 0.25) is 0 Å². The van der Waals surface area contributed by atoms with Crippen molar-refractivity contribution in [2.45, 2.75) is 431 Å². The molecule has 0 fully saturated rings. The van der Waals surface area contributed by atoms with Crippen molar-refractivity contribution in [1.29, 1.82) is 0 Å². The smallest absolute Gasteiger partial charge is 0.305 e. The van der Waals surface area contributed by atoms with Crippen LogP contribution >= 0.6 is 0 Å². The van der Waals surface area contributed by atoms with Gasteiger partial charge in [-0.15, -0.1) is 0 Å². The maximum absolute atomic E-state index is 12.5. The minimum absolute atomic E-state index is 0.0227. The second-order valence-corrected chi connectivity index (χ2v) is 25.3. The second kappa shape index (κ2) is 69.1. The Morgan fingerprint density at radius 2 is 0.595 bits per heavy atom. The Hall–Kier alpha value is -1.40. The number of carbonyl (C=O) groups excluding carboxylic acids is 2. The van der Waals surface area contributed by atoms with Crippen molar-refractivity contribution in [2.24, 2.45) is 0 Å². The average molecular weight is 1110 g/mol. The summed E-state index contributed by atoms with van der Waals surface area (Å²) in [7, 11) is 0. The molecule has 79 heavy (non-hydrogen) atoms. The molecule has 6 nitrogen and oxygen atoms in total. The molecular weight excluding hydrogens is 971 g/mol. The Kier molecular flexibility index (Phi) is 67.9. The summed E-state index contributed by atoms with van der Waals surface area (Å²) in [5.41, 5.74) is 0. The van der Waals surface area contributed by atoms with Gasteiger partial charge in [-0.25, -0.2) is 0 Å². The van der Waals surface area contributed by atoms with Gasteiger partial charge in [-0.05, 0) is 51.4 Å². The molecule has 0 aliphatic rings. The molecule has 470 valence electrons. The lowest BCUT2D eigenvalue weighted by atomic mass is 10.0. The summed E-state index contributed by atoms with van der Waals surface area (Å²) in [6.07, 6.45) is 85.6. The van der Waals surface area contributed by atoms with Crippen molar-refractivity contribution in [2.75, 3.05) is 13.2 Å². The number of amides is 1. The molecule has 0 radical (unpaired) electrons. The Morgan fingerprint density at radius 1 is 0.342 bits per heavy atom. The highest BCUT2D eigenvalue weighted by Crippen LogP contribution is 2.19. The van der Waals surface area contributed by atoms with E-state index in [1.54, 1.807) is 0 Å². The first-order valence-electron chi connectivity index (χ1n) is 36.4. The summed E-state index contributed by atoms with van der Waals surface area (Å²) in [5.74, 6) is -0.00664. The first-order valence-corrected chi connectivity index (χ1v) is 36.4. The first kappa shape index (κ1) is 77.6. The number of nitrogens with one attached hydrogen (secondary N) is 1. The lowest BCUT2D eigenvalue weighted by Crippen LogP contribution is -2.45. The van der Waals surface area contributed by atoms with Crippen LogP contribution in [-0.4, -0.2) is 47.4 Å². The van der Waals surface area contributed by atoms with Crippen molar-refractivity contribution < 1.29 is 24.5 Å². The highest BCUT2D eigenvalue weighted by molar-refractivity contribution is 5.76. The van der Waals surface area contributed by atoms with Gasteiger partial charge in [-0.3, -0.25) is 9.59 Å². The number of ether oxygens (including phenoxy) is 1. The molecule has 1 amide bonds. The van der Waals surface area contributed by atoms with E-state index in [2.05, 4.69) is 31.3 Å². The Bertz CT molecular complexity index is 1190. The number of aliphatic hydroxyl groups excluding tert-OH is 2. The quantitative estimate of drug-likeness (QED) is 0.0320. The number of allylic oxidation sites excluding steroid dienone is 2. The molecule has 0 aromatic rings. The van der Waals surface area contributed by atoms with Crippen molar-refractivity contribution in [3.8, 4) is 0 Å². The van der Waals surface area contributed by atoms with Crippen LogP contribution in [-0.2, 0) is 14.3 Å². The molecule has 0 aliphatic heterocycles. The average Bonchev–Trinajstić information content (AvgIpc) is 3.45.